The van der Waals surface area contributed by atoms with Crippen molar-refractivity contribution in [2.75, 3.05) is 25.1 Å². The lowest BCUT2D eigenvalue weighted by molar-refractivity contribution is -0.133. The number of nitrogens with one attached hydrogen (secondary N) is 1. The first-order chi connectivity index (χ1) is 18.1. The smallest absolute Gasteiger partial charge is 0.431 e. The minimum absolute atomic E-state index is 0.0597. The number of hydrogen-bond donors (Lipinski definition) is 1. The third kappa shape index (κ3) is 5.74. The Hall–Kier alpha value is -4.34. The van der Waals surface area contributed by atoms with Gasteiger partial charge in [0.15, 0.2) is 0 Å². The van der Waals surface area contributed by atoms with Crippen LogP contribution in [0.1, 0.15) is 36.8 Å². The molecule has 0 aliphatic carbocycles. The van der Waals surface area contributed by atoms with Crippen LogP contribution in [-0.4, -0.2) is 47.2 Å². The maximum Gasteiger partial charge on any atom is 0.431 e. The Balaban J connectivity index is 1.36. The summed E-state index contributed by atoms with van der Waals surface area (Å²) in [6.07, 6.45) is 4.47. The number of nitrogens with zero attached hydrogens (tertiary/aromatic N) is 4. The average Bonchev–Trinajstić information content (AvgIpc) is 3.25. The zero-order valence-electron chi connectivity index (χ0n) is 20.7. The summed E-state index contributed by atoms with van der Waals surface area (Å²) in [4.78, 5) is 36.0. The number of aromatic nitrogens is 2. The molecule has 0 spiro atoms. The molecule has 1 saturated heterocycles. The first kappa shape index (κ1) is 24.4. The van der Waals surface area contributed by atoms with E-state index in [4.69, 9.17) is 14.2 Å². The molecule has 3 aromatic rings. The van der Waals surface area contributed by atoms with Crippen molar-refractivity contribution in [3.63, 3.8) is 0 Å². The molecule has 2 amide bonds. The Morgan fingerprint density at radius 1 is 1.03 bits per heavy atom. The molecule has 2 aromatic carbocycles. The summed E-state index contributed by atoms with van der Waals surface area (Å²) >= 11 is 0. The number of benzene rings is 2. The number of hydrazine groups is 1. The molecule has 5 rings (SSSR count). The molecule has 10 nitrogen and oxygen atoms in total. The van der Waals surface area contributed by atoms with E-state index in [9.17, 15) is 9.59 Å². The van der Waals surface area contributed by atoms with Gasteiger partial charge >= 0.3 is 6.09 Å². The third-order valence-electron chi connectivity index (χ3n) is 6.38. The van der Waals surface area contributed by atoms with Gasteiger partial charge in [0.1, 0.15) is 12.4 Å². The summed E-state index contributed by atoms with van der Waals surface area (Å²) in [5, 5.41) is 1.31. The highest BCUT2D eigenvalue weighted by Gasteiger charge is 2.25. The van der Waals surface area contributed by atoms with Crippen LogP contribution < -0.4 is 24.5 Å². The van der Waals surface area contributed by atoms with Gasteiger partial charge in [-0.3, -0.25) is 9.80 Å². The van der Waals surface area contributed by atoms with Crippen molar-refractivity contribution in [1.82, 2.24) is 20.4 Å². The molecule has 1 fully saturated rings. The van der Waals surface area contributed by atoms with Gasteiger partial charge in [0, 0.05) is 25.2 Å². The molecule has 0 bridgehead atoms. The fourth-order valence-corrected chi connectivity index (χ4v) is 4.40. The molecule has 0 radical (unpaired) electrons. The van der Waals surface area contributed by atoms with Crippen molar-refractivity contribution in [3.05, 3.63) is 65.9 Å². The normalized spacial score (nSPS) is 15.1. The first-order valence-electron chi connectivity index (χ1n) is 12.4. The second kappa shape index (κ2) is 11.2. The van der Waals surface area contributed by atoms with Crippen molar-refractivity contribution in [2.45, 2.75) is 38.7 Å². The lowest BCUT2D eigenvalue weighted by Gasteiger charge is -2.21. The fourth-order valence-electron chi connectivity index (χ4n) is 4.40. The quantitative estimate of drug-likeness (QED) is 0.512. The Morgan fingerprint density at radius 2 is 1.86 bits per heavy atom. The van der Waals surface area contributed by atoms with E-state index in [0.717, 1.165) is 49.2 Å². The maximum absolute atomic E-state index is 12.7. The molecule has 3 heterocycles. The van der Waals surface area contributed by atoms with E-state index in [0.29, 0.717) is 18.9 Å². The Bertz CT molecular complexity index is 1270. The number of hydrogen-bond acceptors (Lipinski definition) is 8. The lowest BCUT2D eigenvalue weighted by atomic mass is 10.2. The maximum atomic E-state index is 12.7. The number of rotatable bonds is 7. The van der Waals surface area contributed by atoms with Gasteiger partial charge in [-0.1, -0.05) is 36.8 Å². The van der Waals surface area contributed by atoms with Crippen molar-refractivity contribution in [2.24, 2.45) is 0 Å². The summed E-state index contributed by atoms with van der Waals surface area (Å²) in [7, 11) is 1.61. The number of ether oxygens (including phenoxy) is 3. The van der Waals surface area contributed by atoms with Gasteiger partial charge in [-0.25, -0.2) is 15.2 Å². The summed E-state index contributed by atoms with van der Waals surface area (Å²) < 4.78 is 16.7. The Labute approximate surface area is 215 Å². The highest BCUT2D eigenvalue weighted by molar-refractivity contribution is 5.80. The molecule has 1 N–H and O–H groups in total. The van der Waals surface area contributed by atoms with Gasteiger partial charge < -0.3 is 19.1 Å². The number of methoxy groups -OCH3 is 1. The number of anilines is 2. The van der Waals surface area contributed by atoms with Crippen LogP contribution in [0.3, 0.4) is 0 Å². The standard InChI is InChI=1S/C27H29N5O5/c1-35-21-12-10-19(11-13-21)18-36-25-23(37-27(34)30-32-15-6-2-3-9-24(32)33)17-28-26(29-25)31-16-14-20-7-4-5-8-22(20)31/h4-5,7-8,10-13,17H,2-3,6,9,14-16,18H2,1H3,(H,30,34). The minimum Gasteiger partial charge on any atom is -0.497 e. The third-order valence-corrected chi connectivity index (χ3v) is 6.38. The first-order valence-corrected chi connectivity index (χ1v) is 12.4. The Kier molecular flexibility index (Phi) is 7.34. The molecule has 0 saturated carbocycles. The van der Waals surface area contributed by atoms with Gasteiger partial charge in [0.05, 0.1) is 13.3 Å². The zero-order chi connectivity index (χ0) is 25.6. The van der Waals surface area contributed by atoms with Crippen LogP contribution in [0.5, 0.6) is 17.4 Å². The molecule has 192 valence electrons. The molecular formula is C27H29N5O5. The van der Waals surface area contributed by atoms with Crippen LogP contribution in [0.4, 0.5) is 16.4 Å². The predicted octanol–water partition coefficient (Wildman–Crippen LogP) is 4.16. The lowest BCUT2D eigenvalue weighted by Crippen LogP contribution is -2.47. The summed E-state index contributed by atoms with van der Waals surface area (Å²) in [6, 6.07) is 15.6. The largest absolute Gasteiger partial charge is 0.497 e. The van der Waals surface area contributed by atoms with Crippen LogP contribution in [-0.2, 0) is 17.8 Å². The second-order valence-electron chi connectivity index (χ2n) is 8.86. The summed E-state index contributed by atoms with van der Waals surface area (Å²) in [5.74, 6) is 1.24. The molecule has 2 aliphatic rings. The van der Waals surface area contributed by atoms with Crippen LogP contribution in [0.25, 0.3) is 0 Å². The van der Waals surface area contributed by atoms with E-state index in [1.807, 2.05) is 47.4 Å². The highest BCUT2D eigenvalue weighted by Crippen LogP contribution is 2.35. The van der Waals surface area contributed by atoms with Crippen molar-refractivity contribution in [1.29, 1.82) is 0 Å². The second-order valence-corrected chi connectivity index (χ2v) is 8.86. The van der Waals surface area contributed by atoms with E-state index < -0.39 is 6.09 Å². The van der Waals surface area contributed by atoms with Gasteiger partial charge in [-0.05, 0) is 48.6 Å². The van der Waals surface area contributed by atoms with Gasteiger partial charge in [-0.15, -0.1) is 0 Å². The predicted molar refractivity (Wildman–Crippen MR) is 136 cm³/mol. The van der Waals surface area contributed by atoms with E-state index >= 15 is 0 Å². The SMILES string of the molecule is COc1ccc(COc2nc(N3CCc4ccccc43)ncc2OC(=O)NN2CCCCCC2=O)cc1. The summed E-state index contributed by atoms with van der Waals surface area (Å²) in [6.45, 7) is 1.37. The molecule has 10 heteroatoms. The molecule has 37 heavy (non-hydrogen) atoms. The number of fused-ring (bicyclic) bond motifs is 1. The van der Waals surface area contributed by atoms with E-state index in [-0.39, 0.29) is 24.1 Å². The van der Waals surface area contributed by atoms with Crippen LogP contribution in [0.15, 0.2) is 54.7 Å². The fraction of sp³-hybridized carbons (Fsp3) is 0.333. The zero-order valence-corrected chi connectivity index (χ0v) is 20.7. The highest BCUT2D eigenvalue weighted by atomic mass is 16.6. The van der Waals surface area contributed by atoms with Crippen molar-refractivity contribution >= 4 is 23.6 Å². The van der Waals surface area contributed by atoms with E-state index in [1.54, 1.807) is 7.11 Å². The topological polar surface area (TPSA) is 106 Å². The van der Waals surface area contributed by atoms with E-state index in [2.05, 4.69) is 21.5 Å². The average molecular weight is 504 g/mol. The number of amides is 2. The van der Waals surface area contributed by atoms with Crippen LogP contribution in [0.2, 0.25) is 0 Å². The minimum atomic E-state index is -0.799. The monoisotopic (exact) mass is 503 g/mol. The molecule has 0 atom stereocenters. The van der Waals surface area contributed by atoms with Crippen molar-refractivity contribution < 1.29 is 23.8 Å². The van der Waals surface area contributed by atoms with E-state index in [1.165, 1.54) is 16.8 Å². The van der Waals surface area contributed by atoms with Gasteiger partial charge in [0.25, 0.3) is 5.88 Å². The summed E-state index contributed by atoms with van der Waals surface area (Å²) in [5.41, 5.74) is 5.68. The molecule has 0 unspecified atom stereocenters. The molecular weight excluding hydrogens is 474 g/mol. The van der Waals surface area contributed by atoms with Gasteiger partial charge in [-0.2, -0.15) is 4.98 Å². The van der Waals surface area contributed by atoms with Gasteiger partial charge in [0.2, 0.25) is 17.6 Å². The van der Waals surface area contributed by atoms with Crippen LogP contribution in [0, 0.1) is 0 Å². The number of carbonyl (C=O) groups excluding carboxylic acids is 2. The number of para-hydroxylation sites is 1. The van der Waals surface area contributed by atoms with Crippen LogP contribution >= 0.6 is 0 Å². The Morgan fingerprint density at radius 3 is 2.70 bits per heavy atom. The van der Waals surface area contributed by atoms with Crippen molar-refractivity contribution in [3.8, 4) is 17.4 Å². The molecule has 2 aliphatic heterocycles. The molecule has 1 aromatic heterocycles. The number of carbonyl (C=O) groups is 2.